The minimum atomic E-state index is -0.166. The monoisotopic (exact) mass is 314 g/mol. The molecule has 0 N–H and O–H groups in total. The summed E-state index contributed by atoms with van der Waals surface area (Å²) in [5, 5.41) is 0. The van der Waals surface area contributed by atoms with Crippen molar-refractivity contribution in [2.45, 2.75) is 49.5 Å². The van der Waals surface area contributed by atoms with E-state index in [1.54, 1.807) is 0 Å². The second-order valence-electron chi connectivity index (χ2n) is 4.99. The Balaban J connectivity index is 1.71. The van der Waals surface area contributed by atoms with Crippen molar-refractivity contribution < 1.29 is 9.13 Å². The molecule has 2 unspecified atom stereocenters. The van der Waals surface area contributed by atoms with Gasteiger partial charge in [0.1, 0.15) is 5.82 Å². The molecule has 0 radical (unpaired) electrons. The van der Waals surface area contributed by atoms with Crippen LogP contribution in [0.1, 0.15) is 37.7 Å². The van der Waals surface area contributed by atoms with Crippen LogP contribution in [-0.4, -0.2) is 17.5 Å². The third kappa shape index (κ3) is 4.69. The Morgan fingerprint density at radius 2 is 2.06 bits per heavy atom. The van der Waals surface area contributed by atoms with Gasteiger partial charge < -0.3 is 4.74 Å². The summed E-state index contributed by atoms with van der Waals surface area (Å²) in [5.74, 6) is -0.166. The van der Waals surface area contributed by atoms with Crippen LogP contribution in [0.3, 0.4) is 0 Å². The summed E-state index contributed by atoms with van der Waals surface area (Å²) < 4.78 is 18.5. The molecule has 1 nitrogen and oxygen atoms in total. The van der Waals surface area contributed by atoms with Crippen LogP contribution in [0.5, 0.6) is 0 Å². The minimum absolute atomic E-state index is 0.166. The largest absolute Gasteiger partial charge is 0.378 e. The average molecular weight is 315 g/mol. The summed E-state index contributed by atoms with van der Waals surface area (Å²) in [4.78, 5) is 0.452. The third-order valence-corrected chi connectivity index (χ3v) is 4.23. The van der Waals surface area contributed by atoms with Crippen LogP contribution in [0.4, 0.5) is 4.39 Å². The number of hydrogen-bond acceptors (Lipinski definition) is 1. The van der Waals surface area contributed by atoms with Crippen LogP contribution in [0.2, 0.25) is 0 Å². The summed E-state index contributed by atoms with van der Waals surface area (Å²) in [6.07, 6.45) is 7.36. The SMILES string of the molecule is Fc1ccc(CC(Br)CCC2CCCCO2)cc1. The van der Waals surface area contributed by atoms with E-state index in [4.69, 9.17) is 4.74 Å². The van der Waals surface area contributed by atoms with Crippen LogP contribution in [0, 0.1) is 5.82 Å². The number of rotatable bonds is 5. The lowest BCUT2D eigenvalue weighted by Gasteiger charge is -2.23. The van der Waals surface area contributed by atoms with Crippen molar-refractivity contribution in [3.8, 4) is 0 Å². The van der Waals surface area contributed by atoms with Crippen LogP contribution in [0.15, 0.2) is 24.3 Å². The first-order chi connectivity index (χ1) is 8.74. The molecule has 0 aliphatic carbocycles. The molecule has 1 fully saturated rings. The van der Waals surface area contributed by atoms with Gasteiger partial charge in [-0.05, 0) is 56.2 Å². The van der Waals surface area contributed by atoms with Crippen molar-refractivity contribution in [3.63, 3.8) is 0 Å². The van der Waals surface area contributed by atoms with E-state index in [0.29, 0.717) is 10.9 Å². The summed E-state index contributed by atoms with van der Waals surface area (Å²) in [6.45, 7) is 0.926. The zero-order valence-corrected chi connectivity index (χ0v) is 12.2. The molecule has 2 rings (SSSR count). The normalized spacial score (nSPS) is 21.8. The van der Waals surface area contributed by atoms with Crippen molar-refractivity contribution in [2.24, 2.45) is 0 Å². The molecule has 0 saturated carbocycles. The van der Waals surface area contributed by atoms with E-state index < -0.39 is 0 Å². The molecule has 0 spiro atoms. The summed E-state index contributed by atoms with van der Waals surface area (Å²) in [6, 6.07) is 6.78. The molecular formula is C15H20BrFO. The Morgan fingerprint density at radius 3 is 2.72 bits per heavy atom. The van der Waals surface area contributed by atoms with E-state index in [-0.39, 0.29) is 5.82 Å². The zero-order valence-electron chi connectivity index (χ0n) is 10.6. The van der Waals surface area contributed by atoms with Gasteiger partial charge in [0.2, 0.25) is 0 Å². The van der Waals surface area contributed by atoms with Gasteiger partial charge in [-0.1, -0.05) is 28.1 Å². The number of halogens is 2. The fourth-order valence-corrected chi connectivity index (χ4v) is 3.02. The van der Waals surface area contributed by atoms with E-state index in [1.165, 1.54) is 37.0 Å². The highest BCUT2D eigenvalue weighted by molar-refractivity contribution is 9.09. The topological polar surface area (TPSA) is 9.23 Å². The highest BCUT2D eigenvalue weighted by atomic mass is 79.9. The standard InChI is InChI=1S/C15H20BrFO/c16-13(6-9-15-3-1-2-10-18-15)11-12-4-7-14(17)8-5-12/h4-5,7-8,13,15H,1-3,6,9-11H2. The Bertz CT molecular complexity index is 346. The maximum absolute atomic E-state index is 12.8. The van der Waals surface area contributed by atoms with Crippen molar-refractivity contribution in [2.75, 3.05) is 6.61 Å². The van der Waals surface area contributed by atoms with Gasteiger partial charge in [-0.25, -0.2) is 4.39 Å². The average Bonchev–Trinajstić information content (AvgIpc) is 2.40. The first-order valence-corrected chi connectivity index (χ1v) is 7.66. The van der Waals surface area contributed by atoms with Gasteiger partial charge in [0.15, 0.2) is 0 Å². The van der Waals surface area contributed by atoms with E-state index in [9.17, 15) is 4.39 Å². The molecule has 1 aliphatic rings. The molecule has 1 heterocycles. The Labute approximate surface area is 117 Å². The lowest BCUT2D eigenvalue weighted by molar-refractivity contribution is 0.0102. The third-order valence-electron chi connectivity index (χ3n) is 3.45. The van der Waals surface area contributed by atoms with E-state index in [1.807, 2.05) is 12.1 Å². The lowest BCUT2D eigenvalue weighted by Crippen LogP contribution is -2.20. The number of ether oxygens (including phenoxy) is 1. The second-order valence-corrected chi connectivity index (χ2v) is 6.29. The molecule has 1 aromatic carbocycles. The van der Waals surface area contributed by atoms with Gasteiger partial charge in [0, 0.05) is 11.4 Å². The van der Waals surface area contributed by atoms with Gasteiger partial charge >= 0.3 is 0 Å². The second kappa shape index (κ2) is 7.25. The quantitative estimate of drug-likeness (QED) is 0.728. The molecule has 100 valence electrons. The number of benzene rings is 1. The Morgan fingerprint density at radius 1 is 1.28 bits per heavy atom. The van der Waals surface area contributed by atoms with E-state index in [0.717, 1.165) is 25.9 Å². The molecule has 0 bridgehead atoms. The van der Waals surface area contributed by atoms with Gasteiger partial charge in [0.05, 0.1) is 6.10 Å². The van der Waals surface area contributed by atoms with Crippen LogP contribution in [-0.2, 0) is 11.2 Å². The lowest BCUT2D eigenvalue weighted by atomic mass is 10.0. The van der Waals surface area contributed by atoms with E-state index in [2.05, 4.69) is 15.9 Å². The van der Waals surface area contributed by atoms with Gasteiger partial charge in [-0.3, -0.25) is 0 Å². The van der Waals surface area contributed by atoms with Crippen molar-refractivity contribution in [3.05, 3.63) is 35.6 Å². The van der Waals surface area contributed by atoms with Gasteiger partial charge in [-0.15, -0.1) is 0 Å². The summed E-state index contributed by atoms with van der Waals surface area (Å²) in [7, 11) is 0. The summed E-state index contributed by atoms with van der Waals surface area (Å²) >= 11 is 3.71. The molecule has 1 saturated heterocycles. The van der Waals surface area contributed by atoms with Crippen LogP contribution in [0.25, 0.3) is 0 Å². The summed E-state index contributed by atoms with van der Waals surface area (Å²) in [5.41, 5.74) is 1.18. The van der Waals surface area contributed by atoms with Gasteiger partial charge in [-0.2, -0.15) is 0 Å². The zero-order chi connectivity index (χ0) is 12.8. The molecule has 0 amide bonds. The number of alkyl halides is 1. The van der Waals surface area contributed by atoms with Crippen molar-refractivity contribution in [1.82, 2.24) is 0 Å². The Hall–Kier alpha value is -0.410. The van der Waals surface area contributed by atoms with Crippen molar-refractivity contribution >= 4 is 15.9 Å². The minimum Gasteiger partial charge on any atom is -0.378 e. The fraction of sp³-hybridized carbons (Fsp3) is 0.600. The highest BCUT2D eigenvalue weighted by Gasteiger charge is 2.15. The smallest absolute Gasteiger partial charge is 0.123 e. The van der Waals surface area contributed by atoms with Crippen LogP contribution < -0.4 is 0 Å². The molecule has 3 heteroatoms. The van der Waals surface area contributed by atoms with Crippen molar-refractivity contribution in [1.29, 1.82) is 0 Å². The highest BCUT2D eigenvalue weighted by Crippen LogP contribution is 2.22. The molecule has 0 aromatic heterocycles. The number of hydrogen-bond donors (Lipinski definition) is 0. The first kappa shape index (κ1) is 14.0. The molecule has 1 aliphatic heterocycles. The first-order valence-electron chi connectivity index (χ1n) is 6.74. The van der Waals surface area contributed by atoms with Crippen LogP contribution >= 0.6 is 15.9 Å². The molecule has 18 heavy (non-hydrogen) atoms. The van der Waals surface area contributed by atoms with E-state index >= 15 is 0 Å². The molecular weight excluding hydrogens is 295 g/mol. The maximum Gasteiger partial charge on any atom is 0.123 e. The fourth-order valence-electron chi connectivity index (χ4n) is 2.38. The maximum atomic E-state index is 12.8. The predicted octanol–water partition coefficient (Wildman–Crippen LogP) is 4.48. The Kier molecular flexibility index (Phi) is 5.64. The predicted molar refractivity (Wildman–Crippen MR) is 75.6 cm³/mol. The molecule has 1 aromatic rings. The van der Waals surface area contributed by atoms with Gasteiger partial charge in [0.25, 0.3) is 0 Å². The molecule has 2 atom stereocenters.